The van der Waals surface area contributed by atoms with E-state index in [2.05, 4.69) is 10.1 Å². The van der Waals surface area contributed by atoms with Gasteiger partial charge in [-0.3, -0.25) is 9.59 Å². The Kier molecular flexibility index (Phi) is 6.07. The number of amides is 2. The number of rotatable bonds is 7. The van der Waals surface area contributed by atoms with Crippen molar-refractivity contribution in [3.63, 3.8) is 0 Å². The summed E-state index contributed by atoms with van der Waals surface area (Å²) >= 11 is 0. The van der Waals surface area contributed by atoms with Crippen LogP contribution in [-0.2, 0) is 16.1 Å². The third kappa shape index (κ3) is 5.26. The maximum Gasteiger partial charge on any atom is 0.573 e. The molecule has 0 aliphatic carbocycles. The smallest absolute Gasteiger partial charge is 0.494 e. The van der Waals surface area contributed by atoms with Gasteiger partial charge >= 0.3 is 6.36 Å². The lowest BCUT2D eigenvalue weighted by atomic mass is 10.2. The molecule has 0 spiro atoms. The van der Waals surface area contributed by atoms with Crippen LogP contribution in [0.25, 0.3) is 0 Å². The predicted molar refractivity (Wildman–Crippen MR) is 98.5 cm³/mol. The number of hydrogen-bond acceptors (Lipinski definition) is 5. The summed E-state index contributed by atoms with van der Waals surface area (Å²) in [5.41, 5.74) is 1.11. The van der Waals surface area contributed by atoms with Crippen LogP contribution in [0.4, 0.5) is 18.9 Å². The molecule has 1 aliphatic rings. The van der Waals surface area contributed by atoms with Crippen LogP contribution < -0.4 is 19.7 Å². The zero-order chi connectivity index (χ0) is 21.0. The van der Waals surface area contributed by atoms with Gasteiger partial charge in [-0.1, -0.05) is 12.1 Å². The Labute approximate surface area is 165 Å². The molecule has 2 amide bonds. The molecule has 1 heterocycles. The molecule has 1 unspecified atom stereocenters. The van der Waals surface area contributed by atoms with E-state index in [1.54, 1.807) is 24.3 Å². The average molecular weight is 408 g/mol. The molecule has 9 heteroatoms. The van der Waals surface area contributed by atoms with Crippen molar-refractivity contribution in [1.82, 2.24) is 5.32 Å². The summed E-state index contributed by atoms with van der Waals surface area (Å²) in [6, 6.07) is 11.2. The highest BCUT2D eigenvalue weighted by Gasteiger charge is 2.39. The standard InChI is InChI=1S/C20H19F3N2O4/c1-2-28-15-9-5-14(6-10-15)25-18(26)11-17(19(25)27)24-12-13-3-7-16(8-4-13)29-20(21,22)23/h3-10,17,24H,2,11-12H2,1H3. The Bertz CT molecular complexity index is 867. The highest BCUT2D eigenvalue weighted by Crippen LogP contribution is 2.26. The van der Waals surface area contributed by atoms with Crippen molar-refractivity contribution in [1.29, 1.82) is 0 Å². The van der Waals surface area contributed by atoms with Gasteiger partial charge in [0, 0.05) is 6.54 Å². The largest absolute Gasteiger partial charge is 0.573 e. The van der Waals surface area contributed by atoms with Crippen molar-refractivity contribution < 1.29 is 32.2 Å². The minimum absolute atomic E-state index is 0.00130. The van der Waals surface area contributed by atoms with E-state index in [9.17, 15) is 22.8 Å². The molecule has 1 N–H and O–H groups in total. The predicted octanol–water partition coefficient (Wildman–Crippen LogP) is 3.41. The van der Waals surface area contributed by atoms with Crippen molar-refractivity contribution in [2.24, 2.45) is 0 Å². The highest BCUT2D eigenvalue weighted by molar-refractivity contribution is 6.22. The van der Waals surface area contributed by atoms with Gasteiger partial charge < -0.3 is 14.8 Å². The number of anilines is 1. The van der Waals surface area contributed by atoms with Crippen molar-refractivity contribution in [2.75, 3.05) is 11.5 Å². The van der Waals surface area contributed by atoms with Crippen molar-refractivity contribution >= 4 is 17.5 Å². The maximum absolute atomic E-state index is 12.6. The average Bonchev–Trinajstić information content (AvgIpc) is 2.94. The molecule has 1 saturated heterocycles. The Morgan fingerprint density at radius 1 is 1.03 bits per heavy atom. The summed E-state index contributed by atoms with van der Waals surface area (Å²) in [5.74, 6) is -0.389. The number of imide groups is 1. The normalized spacial score (nSPS) is 17.0. The van der Waals surface area contributed by atoms with Crippen molar-refractivity contribution in [2.45, 2.75) is 32.3 Å². The topological polar surface area (TPSA) is 67.9 Å². The molecule has 1 atom stereocenters. The fraction of sp³-hybridized carbons (Fsp3) is 0.300. The van der Waals surface area contributed by atoms with Crippen LogP contribution in [0.5, 0.6) is 11.5 Å². The Morgan fingerprint density at radius 3 is 2.24 bits per heavy atom. The third-order valence-electron chi connectivity index (χ3n) is 4.26. The number of carbonyl (C=O) groups excluding carboxylic acids is 2. The molecule has 2 aromatic rings. The number of nitrogens with one attached hydrogen (secondary N) is 1. The lowest BCUT2D eigenvalue weighted by Gasteiger charge is -2.16. The molecule has 29 heavy (non-hydrogen) atoms. The van der Waals surface area contributed by atoms with Crippen LogP contribution in [0.15, 0.2) is 48.5 Å². The monoisotopic (exact) mass is 408 g/mol. The summed E-state index contributed by atoms with van der Waals surface area (Å²) < 4.78 is 45.8. The minimum Gasteiger partial charge on any atom is -0.494 e. The van der Waals surface area contributed by atoms with E-state index in [4.69, 9.17) is 4.74 Å². The number of nitrogens with zero attached hydrogens (tertiary/aromatic N) is 1. The Balaban J connectivity index is 1.60. The lowest BCUT2D eigenvalue weighted by molar-refractivity contribution is -0.274. The van der Waals surface area contributed by atoms with Crippen LogP contribution in [0, 0.1) is 0 Å². The first-order chi connectivity index (χ1) is 13.8. The van der Waals surface area contributed by atoms with Gasteiger partial charge in [0.2, 0.25) is 5.91 Å². The van der Waals surface area contributed by atoms with Crippen LogP contribution in [0.3, 0.4) is 0 Å². The van der Waals surface area contributed by atoms with Gasteiger partial charge in [-0.15, -0.1) is 13.2 Å². The van der Waals surface area contributed by atoms with E-state index in [1.807, 2.05) is 6.92 Å². The number of alkyl halides is 3. The summed E-state index contributed by atoms with van der Waals surface area (Å²) in [6.07, 6.45) is -4.75. The fourth-order valence-electron chi connectivity index (χ4n) is 2.97. The summed E-state index contributed by atoms with van der Waals surface area (Å²) in [6.45, 7) is 2.58. The van der Waals surface area contributed by atoms with E-state index in [-0.39, 0.29) is 30.5 Å². The Hall–Kier alpha value is -3.07. The van der Waals surface area contributed by atoms with Gasteiger partial charge in [0.1, 0.15) is 11.5 Å². The zero-order valence-corrected chi connectivity index (χ0v) is 15.5. The van der Waals surface area contributed by atoms with E-state index in [0.717, 1.165) is 4.90 Å². The summed E-state index contributed by atoms with van der Waals surface area (Å²) in [7, 11) is 0. The van der Waals surface area contributed by atoms with Crippen LogP contribution in [0.1, 0.15) is 18.9 Å². The van der Waals surface area contributed by atoms with Gasteiger partial charge in [0.25, 0.3) is 5.91 Å². The molecule has 154 valence electrons. The lowest BCUT2D eigenvalue weighted by Crippen LogP contribution is -2.38. The van der Waals surface area contributed by atoms with E-state index in [1.165, 1.54) is 24.3 Å². The molecule has 2 aromatic carbocycles. The first kappa shape index (κ1) is 20.7. The van der Waals surface area contributed by atoms with Gasteiger partial charge in [0.15, 0.2) is 0 Å². The molecule has 0 radical (unpaired) electrons. The molecular weight excluding hydrogens is 389 g/mol. The van der Waals surface area contributed by atoms with Gasteiger partial charge in [-0.25, -0.2) is 4.90 Å². The van der Waals surface area contributed by atoms with E-state index >= 15 is 0 Å². The molecule has 1 aliphatic heterocycles. The summed E-state index contributed by atoms with van der Waals surface area (Å²) in [4.78, 5) is 26.0. The molecule has 0 saturated carbocycles. The molecule has 0 bridgehead atoms. The maximum atomic E-state index is 12.6. The van der Waals surface area contributed by atoms with Crippen LogP contribution in [0.2, 0.25) is 0 Å². The number of halogens is 3. The molecular formula is C20H19F3N2O4. The molecule has 1 fully saturated rings. The number of ether oxygens (including phenoxy) is 2. The number of benzene rings is 2. The second kappa shape index (κ2) is 8.52. The second-order valence-corrected chi connectivity index (χ2v) is 6.32. The molecule has 6 nitrogen and oxygen atoms in total. The van der Waals surface area contributed by atoms with Crippen molar-refractivity contribution in [3.8, 4) is 11.5 Å². The SMILES string of the molecule is CCOc1ccc(N2C(=O)CC(NCc3ccc(OC(F)(F)F)cc3)C2=O)cc1. The fourth-order valence-corrected chi connectivity index (χ4v) is 2.97. The number of carbonyl (C=O) groups is 2. The second-order valence-electron chi connectivity index (χ2n) is 6.32. The van der Waals surface area contributed by atoms with Crippen molar-refractivity contribution in [3.05, 3.63) is 54.1 Å². The molecule has 0 aromatic heterocycles. The number of hydrogen-bond donors (Lipinski definition) is 1. The van der Waals surface area contributed by atoms with E-state index in [0.29, 0.717) is 23.6 Å². The van der Waals surface area contributed by atoms with Gasteiger partial charge in [0.05, 0.1) is 24.8 Å². The quantitative estimate of drug-likeness (QED) is 0.712. The summed E-state index contributed by atoms with van der Waals surface area (Å²) in [5, 5.41) is 2.98. The van der Waals surface area contributed by atoms with Gasteiger partial charge in [-0.05, 0) is 48.9 Å². The first-order valence-electron chi connectivity index (χ1n) is 8.94. The zero-order valence-electron chi connectivity index (χ0n) is 15.5. The minimum atomic E-state index is -4.75. The Morgan fingerprint density at radius 2 is 1.66 bits per heavy atom. The third-order valence-corrected chi connectivity index (χ3v) is 4.26. The van der Waals surface area contributed by atoms with E-state index < -0.39 is 12.4 Å². The van der Waals surface area contributed by atoms with Gasteiger partial charge in [-0.2, -0.15) is 0 Å². The van der Waals surface area contributed by atoms with Crippen LogP contribution >= 0.6 is 0 Å². The van der Waals surface area contributed by atoms with Crippen LogP contribution in [-0.4, -0.2) is 30.8 Å². The molecule has 3 rings (SSSR count). The highest BCUT2D eigenvalue weighted by atomic mass is 19.4. The first-order valence-corrected chi connectivity index (χ1v) is 8.94.